The molecule has 1 aromatic heterocycles. The molecule has 0 fully saturated rings. The van der Waals surface area contributed by atoms with Gasteiger partial charge in [0.25, 0.3) is 0 Å². The van der Waals surface area contributed by atoms with E-state index in [1.54, 1.807) is 12.1 Å². The molecule has 0 aliphatic carbocycles. The summed E-state index contributed by atoms with van der Waals surface area (Å²) in [4.78, 5) is 7.74. The average Bonchev–Trinajstić information content (AvgIpc) is 2.07. The summed E-state index contributed by atoms with van der Waals surface area (Å²) >= 11 is 23.2. The molecule has 0 aliphatic rings. The standard InChI is InChI=1S/C8H2Cl4N2/c9-3-1-4-6(5(10)2-3)13-8(12)14-7(4)11/h1-2H. The number of halogens is 4. The van der Waals surface area contributed by atoms with Gasteiger partial charge >= 0.3 is 0 Å². The minimum absolute atomic E-state index is 0.0618. The third-order valence-corrected chi connectivity index (χ3v) is 2.61. The molecule has 72 valence electrons. The molecule has 0 saturated carbocycles. The zero-order valence-electron chi connectivity index (χ0n) is 6.56. The second kappa shape index (κ2) is 3.70. The van der Waals surface area contributed by atoms with Gasteiger partial charge in [-0.15, -0.1) is 0 Å². The van der Waals surface area contributed by atoms with E-state index in [1.165, 1.54) is 0 Å². The fourth-order valence-electron chi connectivity index (χ4n) is 1.10. The highest BCUT2D eigenvalue weighted by molar-refractivity contribution is 6.41. The summed E-state index contributed by atoms with van der Waals surface area (Å²) in [5.41, 5.74) is 0.501. The quantitative estimate of drug-likeness (QED) is 0.527. The molecule has 0 aliphatic heterocycles. The van der Waals surface area contributed by atoms with Crippen LogP contribution in [0.5, 0.6) is 0 Å². The van der Waals surface area contributed by atoms with Gasteiger partial charge in [-0.3, -0.25) is 0 Å². The second-order valence-electron chi connectivity index (χ2n) is 2.57. The van der Waals surface area contributed by atoms with Crippen molar-refractivity contribution in [2.24, 2.45) is 0 Å². The Morgan fingerprint density at radius 3 is 2.36 bits per heavy atom. The number of benzene rings is 1. The fraction of sp³-hybridized carbons (Fsp3) is 0. The molecule has 2 aromatic rings. The van der Waals surface area contributed by atoms with Gasteiger partial charge in [0.15, 0.2) is 0 Å². The maximum absolute atomic E-state index is 5.91. The van der Waals surface area contributed by atoms with Crippen molar-refractivity contribution in [3.63, 3.8) is 0 Å². The molecule has 0 atom stereocenters. The third-order valence-electron chi connectivity index (χ3n) is 1.64. The molecule has 0 amide bonds. The summed E-state index contributed by atoms with van der Waals surface area (Å²) in [5.74, 6) is 0. The van der Waals surface area contributed by atoms with Gasteiger partial charge in [0.1, 0.15) is 5.15 Å². The maximum atomic E-state index is 5.91. The third kappa shape index (κ3) is 1.75. The van der Waals surface area contributed by atoms with Gasteiger partial charge in [0.2, 0.25) is 5.28 Å². The predicted octanol–water partition coefficient (Wildman–Crippen LogP) is 4.24. The SMILES string of the molecule is Clc1cc(Cl)c2nc(Cl)nc(Cl)c2c1. The van der Waals surface area contributed by atoms with E-state index in [2.05, 4.69) is 9.97 Å². The Labute approximate surface area is 99.8 Å². The van der Waals surface area contributed by atoms with E-state index in [1.807, 2.05) is 0 Å². The first-order valence-electron chi connectivity index (χ1n) is 3.56. The van der Waals surface area contributed by atoms with Crippen LogP contribution in [0.1, 0.15) is 0 Å². The van der Waals surface area contributed by atoms with Gasteiger partial charge in [-0.25, -0.2) is 9.97 Å². The van der Waals surface area contributed by atoms with Crippen LogP contribution in [0.25, 0.3) is 10.9 Å². The summed E-state index contributed by atoms with van der Waals surface area (Å²) in [6.45, 7) is 0. The largest absolute Gasteiger partial charge is 0.224 e. The van der Waals surface area contributed by atoms with Crippen LogP contribution in [0.4, 0.5) is 0 Å². The molecule has 1 aromatic carbocycles. The Bertz CT molecular complexity index is 465. The monoisotopic (exact) mass is 266 g/mol. The summed E-state index contributed by atoms with van der Waals surface area (Å²) in [5, 5.41) is 1.78. The van der Waals surface area contributed by atoms with E-state index in [9.17, 15) is 0 Å². The van der Waals surface area contributed by atoms with Crippen LogP contribution in [0, 0.1) is 0 Å². The molecule has 6 heteroatoms. The van der Waals surface area contributed by atoms with Crippen molar-refractivity contribution < 1.29 is 0 Å². The Hall–Kier alpha value is -0.280. The minimum atomic E-state index is 0.0618. The number of fused-ring (bicyclic) bond motifs is 1. The topological polar surface area (TPSA) is 25.8 Å². The highest BCUT2D eigenvalue weighted by Gasteiger charge is 2.08. The lowest BCUT2D eigenvalue weighted by molar-refractivity contribution is 1.22. The molecular formula is C8H2Cl4N2. The first-order chi connectivity index (χ1) is 6.58. The lowest BCUT2D eigenvalue weighted by Crippen LogP contribution is -1.87. The molecule has 0 N–H and O–H groups in total. The number of aromatic nitrogens is 2. The average molecular weight is 268 g/mol. The van der Waals surface area contributed by atoms with Gasteiger partial charge in [-0.05, 0) is 23.7 Å². The minimum Gasteiger partial charge on any atom is -0.216 e. The van der Waals surface area contributed by atoms with Crippen molar-refractivity contribution in [2.45, 2.75) is 0 Å². The maximum Gasteiger partial charge on any atom is 0.224 e. The molecule has 0 bridgehead atoms. The molecule has 0 unspecified atom stereocenters. The normalized spacial score (nSPS) is 10.9. The van der Waals surface area contributed by atoms with Crippen molar-refractivity contribution in [3.8, 4) is 0 Å². The zero-order valence-corrected chi connectivity index (χ0v) is 9.58. The molecule has 1 heterocycles. The van der Waals surface area contributed by atoms with Crippen LogP contribution in [-0.4, -0.2) is 9.97 Å². The van der Waals surface area contributed by atoms with E-state index in [0.717, 1.165) is 0 Å². The van der Waals surface area contributed by atoms with Crippen LogP contribution < -0.4 is 0 Å². The van der Waals surface area contributed by atoms with Crippen LogP contribution in [0.3, 0.4) is 0 Å². The van der Waals surface area contributed by atoms with E-state index in [4.69, 9.17) is 46.4 Å². The molecule has 0 radical (unpaired) electrons. The first kappa shape index (κ1) is 10.2. The summed E-state index contributed by atoms with van der Waals surface area (Å²) in [7, 11) is 0. The molecule has 0 saturated heterocycles. The lowest BCUT2D eigenvalue weighted by atomic mass is 10.2. The lowest BCUT2D eigenvalue weighted by Gasteiger charge is -2.02. The van der Waals surface area contributed by atoms with Gasteiger partial charge in [-0.1, -0.05) is 34.8 Å². The second-order valence-corrected chi connectivity index (χ2v) is 4.11. The van der Waals surface area contributed by atoms with Crippen molar-refractivity contribution in [1.82, 2.24) is 9.97 Å². The van der Waals surface area contributed by atoms with Crippen LogP contribution in [0.15, 0.2) is 12.1 Å². The smallest absolute Gasteiger partial charge is 0.216 e. The van der Waals surface area contributed by atoms with Crippen LogP contribution in [0.2, 0.25) is 20.5 Å². The summed E-state index contributed by atoms with van der Waals surface area (Å²) < 4.78 is 0. The van der Waals surface area contributed by atoms with E-state index in [0.29, 0.717) is 20.9 Å². The predicted molar refractivity (Wildman–Crippen MR) is 59.6 cm³/mol. The summed E-state index contributed by atoms with van der Waals surface area (Å²) in [6, 6.07) is 3.21. The number of hydrogen-bond donors (Lipinski definition) is 0. The Morgan fingerprint density at radius 2 is 1.64 bits per heavy atom. The molecular weight excluding hydrogens is 266 g/mol. The Balaban J connectivity index is 2.94. The zero-order chi connectivity index (χ0) is 10.3. The number of nitrogens with zero attached hydrogens (tertiary/aromatic N) is 2. The number of rotatable bonds is 0. The number of hydrogen-bond acceptors (Lipinski definition) is 2. The Kier molecular flexibility index (Phi) is 2.71. The van der Waals surface area contributed by atoms with Crippen molar-refractivity contribution in [1.29, 1.82) is 0 Å². The van der Waals surface area contributed by atoms with Gasteiger partial charge in [-0.2, -0.15) is 0 Å². The molecule has 14 heavy (non-hydrogen) atoms. The highest BCUT2D eigenvalue weighted by Crippen LogP contribution is 2.30. The first-order valence-corrected chi connectivity index (χ1v) is 5.07. The highest BCUT2D eigenvalue weighted by atomic mass is 35.5. The van der Waals surface area contributed by atoms with Gasteiger partial charge < -0.3 is 0 Å². The van der Waals surface area contributed by atoms with Crippen molar-refractivity contribution in [3.05, 3.63) is 32.6 Å². The molecule has 2 nitrogen and oxygen atoms in total. The fourth-order valence-corrected chi connectivity index (χ4v) is 2.07. The van der Waals surface area contributed by atoms with Crippen molar-refractivity contribution in [2.75, 3.05) is 0 Å². The molecule has 0 spiro atoms. The summed E-state index contributed by atoms with van der Waals surface area (Å²) in [6.07, 6.45) is 0. The van der Waals surface area contributed by atoms with Crippen LogP contribution >= 0.6 is 46.4 Å². The Morgan fingerprint density at radius 1 is 0.929 bits per heavy atom. The van der Waals surface area contributed by atoms with Gasteiger partial charge in [0.05, 0.1) is 10.5 Å². The van der Waals surface area contributed by atoms with Gasteiger partial charge in [0, 0.05) is 10.4 Å². The van der Waals surface area contributed by atoms with E-state index in [-0.39, 0.29) is 10.4 Å². The molecule has 2 rings (SSSR count). The van der Waals surface area contributed by atoms with E-state index >= 15 is 0 Å². The van der Waals surface area contributed by atoms with E-state index < -0.39 is 0 Å². The van der Waals surface area contributed by atoms with Crippen molar-refractivity contribution >= 4 is 57.3 Å². The van der Waals surface area contributed by atoms with Crippen LogP contribution in [-0.2, 0) is 0 Å².